The maximum atomic E-state index is 12.9. The lowest BCUT2D eigenvalue weighted by Crippen LogP contribution is -2.39. The van der Waals surface area contributed by atoms with Crippen molar-refractivity contribution in [2.24, 2.45) is 0 Å². The van der Waals surface area contributed by atoms with Crippen LogP contribution < -0.4 is 10.1 Å². The minimum absolute atomic E-state index is 0.0513. The van der Waals surface area contributed by atoms with E-state index in [-0.39, 0.29) is 12.4 Å². The van der Waals surface area contributed by atoms with Crippen LogP contribution in [0, 0.1) is 5.82 Å². The van der Waals surface area contributed by atoms with Crippen molar-refractivity contribution in [2.45, 2.75) is 12.5 Å². The van der Waals surface area contributed by atoms with Crippen molar-refractivity contribution >= 4 is 6.09 Å². The summed E-state index contributed by atoms with van der Waals surface area (Å²) in [5.74, 6) is 0.0300. The molecule has 0 radical (unpaired) electrons. The Hall–Kier alpha value is -2.40. The smallest absolute Gasteiger partial charge is 0.410 e. The second-order valence-corrected chi connectivity index (χ2v) is 4.84. The highest BCUT2D eigenvalue weighted by Crippen LogP contribution is 2.20. The molecule has 1 unspecified atom stereocenters. The number of hydrogen-bond acceptors (Lipinski definition) is 3. The van der Waals surface area contributed by atoms with Gasteiger partial charge in [-0.15, -0.1) is 0 Å². The maximum absolute atomic E-state index is 12.9. The van der Waals surface area contributed by atoms with Crippen LogP contribution in [0.15, 0.2) is 54.6 Å². The topological polar surface area (TPSA) is 58.6 Å². The molecule has 110 valence electrons. The highest BCUT2D eigenvalue weighted by molar-refractivity contribution is 5.70. The summed E-state index contributed by atoms with van der Waals surface area (Å²) in [5.41, 5.74) is -0.812. The van der Waals surface area contributed by atoms with Crippen LogP contribution in [0.5, 0.6) is 5.75 Å². The van der Waals surface area contributed by atoms with Gasteiger partial charge in [-0.3, -0.25) is 0 Å². The Morgan fingerprint density at radius 1 is 1.19 bits per heavy atom. The SMILES string of the molecule is CC(O)(CNC(=O)Oc1ccccc1)c1ccc(F)cc1. The lowest BCUT2D eigenvalue weighted by Gasteiger charge is -2.24. The molecule has 0 aliphatic heterocycles. The first-order valence-corrected chi connectivity index (χ1v) is 6.46. The molecular formula is C16H16FNO3. The summed E-state index contributed by atoms with van der Waals surface area (Å²) in [6.07, 6.45) is -0.663. The standard InChI is InChI=1S/C16H16FNO3/c1-16(20,12-7-9-13(17)10-8-12)11-18-15(19)21-14-5-3-2-4-6-14/h2-10,20H,11H2,1H3,(H,18,19). The molecule has 1 atom stereocenters. The van der Waals surface area contributed by atoms with Crippen molar-refractivity contribution in [3.05, 3.63) is 66.0 Å². The average molecular weight is 289 g/mol. The van der Waals surface area contributed by atoms with Crippen molar-refractivity contribution < 1.29 is 19.0 Å². The Bertz CT molecular complexity index is 597. The van der Waals surface area contributed by atoms with Gasteiger partial charge in [-0.05, 0) is 36.8 Å². The fourth-order valence-electron chi connectivity index (χ4n) is 1.79. The molecule has 0 saturated carbocycles. The lowest BCUT2D eigenvalue weighted by molar-refractivity contribution is 0.0571. The number of amides is 1. The van der Waals surface area contributed by atoms with Crippen LogP contribution in [0.2, 0.25) is 0 Å². The van der Waals surface area contributed by atoms with E-state index < -0.39 is 11.7 Å². The number of carbonyl (C=O) groups is 1. The molecule has 0 aliphatic carbocycles. The fraction of sp³-hybridized carbons (Fsp3) is 0.188. The predicted molar refractivity (Wildman–Crippen MR) is 76.4 cm³/mol. The van der Waals surface area contributed by atoms with Gasteiger partial charge in [-0.25, -0.2) is 9.18 Å². The van der Waals surface area contributed by atoms with Crippen molar-refractivity contribution in [1.29, 1.82) is 0 Å². The quantitative estimate of drug-likeness (QED) is 0.910. The van der Waals surface area contributed by atoms with Gasteiger partial charge in [0.05, 0.1) is 6.54 Å². The third-order valence-electron chi connectivity index (χ3n) is 3.00. The van der Waals surface area contributed by atoms with E-state index >= 15 is 0 Å². The molecule has 0 aliphatic rings. The van der Waals surface area contributed by atoms with Gasteiger partial charge in [-0.2, -0.15) is 0 Å². The summed E-state index contributed by atoms with van der Waals surface area (Å²) in [6.45, 7) is 1.48. The summed E-state index contributed by atoms with van der Waals surface area (Å²) in [5, 5.41) is 12.8. The van der Waals surface area contributed by atoms with Crippen LogP contribution in [0.1, 0.15) is 12.5 Å². The van der Waals surface area contributed by atoms with Gasteiger partial charge < -0.3 is 15.2 Å². The zero-order valence-corrected chi connectivity index (χ0v) is 11.5. The fourth-order valence-corrected chi connectivity index (χ4v) is 1.79. The number of benzene rings is 2. The van der Waals surface area contributed by atoms with Crippen LogP contribution in [0.3, 0.4) is 0 Å². The van der Waals surface area contributed by atoms with E-state index in [9.17, 15) is 14.3 Å². The number of halogens is 1. The number of rotatable bonds is 4. The Labute approximate surface area is 122 Å². The number of nitrogens with one attached hydrogen (secondary N) is 1. The van der Waals surface area contributed by atoms with Gasteiger partial charge in [0.2, 0.25) is 0 Å². The van der Waals surface area contributed by atoms with Crippen molar-refractivity contribution in [2.75, 3.05) is 6.54 Å². The first kappa shape index (κ1) is 15.0. The molecule has 0 bridgehead atoms. The van der Waals surface area contributed by atoms with Crippen LogP contribution in [0.4, 0.5) is 9.18 Å². The average Bonchev–Trinajstić information content (AvgIpc) is 2.47. The van der Waals surface area contributed by atoms with Gasteiger partial charge >= 0.3 is 6.09 Å². The molecule has 2 N–H and O–H groups in total. The highest BCUT2D eigenvalue weighted by Gasteiger charge is 2.24. The number of hydrogen-bond donors (Lipinski definition) is 2. The van der Waals surface area contributed by atoms with E-state index in [1.165, 1.54) is 31.2 Å². The minimum Gasteiger partial charge on any atom is -0.410 e. The van der Waals surface area contributed by atoms with E-state index in [1.54, 1.807) is 24.3 Å². The zero-order chi connectivity index (χ0) is 15.3. The lowest BCUT2D eigenvalue weighted by atomic mass is 9.96. The Morgan fingerprint density at radius 2 is 1.81 bits per heavy atom. The summed E-state index contributed by atoms with van der Waals surface area (Å²) in [4.78, 5) is 11.6. The molecule has 2 aromatic rings. The summed E-state index contributed by atoms with van der Waals surface area (Å²) in [6, 6.07) is 14.1. The molecule has 0 fully saturated rings. The summed E-state index contributed by atoms with van der Waals surface area (Å²) in [7, 11) is 0. The number of aliphatic hydroxyl groups is 1. The third-order valence-corrected chi connectivity index (χ3v) is 3.00. The largest absolute Gasteiger partial charge is 0.412 e. The van der Waals surface area contributed by atoms with E-state index in [0.29, 0.717) is 11.3 Å². The molecule has 5 heteroatoms. The third kappa shape index (κ3) is 4.29. The molecular weight excluding hydrogens is 273 g/mol. The molecule has 0 spiro atoms. The molecule has 21 heavy (non-hydrogen) atoms. The number of para-hydroxylation sites is 1. The highest BCUT2D eigenvalue weighted by atomic mass is 19.1. The molecule has 0 aromatic heterocycles. The normalized spacial score (nSPS) is 13.3. The summed E-state index contributed by atoms with van der Waals surface area (Å²) < 4.78 is 17.9. The monoisotopic (exact) mass is 289 g/mol. The Morgan fingerprint density at radius 3 is 2.43 bits per heavy atom. The van der Waals surface area contributed by atoms with Crippen LogP contribution >= 0.6 is 0 Å². The number of carbonyl (C=O) groups excluding carboxylic acids is 1. The van der Waals surface area contributed by atoms with Gasteiger partial charge in [0, 0.05) is 0 Å². The first-order valence-electron chi connectivity index (χ1n) is 6.46. The van der Waals surface area contributed by atoms with Crippen molar-refractivity contribution in [3.8, 4) is 5.75 Å². The van der Waals surface area contributed by atoms with Crippen LogP contribution in [-0.4, -0.2) is 17.7 Å². The molecule has 4 nitrogen and oxygen atoms in total. The van der Waals surface area contributed by atoms with Gasteiger partial charge in [-0.1, -0.05) is 30.3 Å². The zero-order valence-electron chi connectivity index (χ0n) is 11.5. The van der Waals surface area contributed by atoms with Crippen molar-refractivity contribution in [1.82, 2.24) is 5.32 Å². The second kappa shape index (κ2) is 6.37. The van der Waals surface area contributed by atoms with Crippen LogP contribution in [0.25, 0.3) is 0 Å². The molecule has 2 rings (SSSR count). The Kier molecular flexibility index (Phi) is 4.55. The molecule has 0 saturated heterocycles. The predicted octanol–water partition coefficient (Wildman–Crippen LogP) is 2.82. The molecule has 0 heterocycles. The summed E-state index contributed by atoms with van der Waals surface area (Å²) >= 11 is 0. The van der Waals surface area contributed by atoms with E-state index in [4.69, 9.17) is 4.74 Å². The van der Waals surface area contributed by atoms with Gasteiger partial charge in [0.15, 0.2) is 0 Å². The maximum Gasteiger partial charge on any atom is 0.412 e. The number of ether oxygens (including phenoxy) is 1. The van der Waals surface area contributed by atoms with E-state index in [2.05, 4.69) is 5.32 Å². The molecule has 1 amide bonds. The minimum atomic E-state index is -1.32. The molecule has 2 aromatic carbocycles. The Balaban J connectivity index is 1.92. The van der Waals surface area contributed by atoms with E-state index in [1.807, 2.05) is 6.07 Å². The van der Waals surface area contributed by atoms with Gasteiger partial charge in [0.1, 0.15) is 17.2 Å². The first-order chi connectivity index (χ1) is 9.97. The van der Waals surface area contributed by atoms with Crippen molar-refractivity contribution in [3.63, 3.8) is 0 Å². The van der Waals surface area contributed by atoms with Crippen LogP contribution in [-0.2, 0) is 5.60 Å². The second-order valence-electron chi connectivity index (χ2n) is 4.84. The van der Waals surface area contributed by atoms with E-state index in [0.717, 1.165) is 0 Å². The van der Waals surface area contributed by atoms with Gasteiger partial charge in [0.25, 0.3) is 0 Å².